The fourth-order valence-electron chi connectivity index (χ4n) is 2.67. The van der Waals surface area contributed by atoms with Gasteiger partial charge in [0.05, 0.1) is 12.0 Å². The van der Waals surface area contributed by atoms with Crippen LogP contribution in [-0.2, 0) is 9.53 Å². The summed E-state index contributed by atoms with van der Waals surface area (Å²) >= 11 is 0. The highest BCUT2D eigenvalue weighted by Crippen LogP contribution is 2.29. The highest BCUT2D eigenvalue weighted by molar-refractivity contribution is 5.60. The molecule has 2 saturated heterocycles. The van der Waals surface area contributed by atoms with Gasteiger partial charge in [-0.2, -0.15) is 0 Å². The topological polar surface area (TPSA) is 29.5 Å². The van der Waals surface area contributed by atoms with Crippen molar-refractivity contribution in [3.63, 3.8) is 0 Å². The van der Waals surface area contributed by atoms with Gasteiger partial charge >= 0.3 is 0 Å². The van der Waals surface area contributed by atoms with Crippen LogP contribution in [0, 0.1) is 5.41 Å². The molecule has 0 spiro atoms. The molecule has 15 heavy (non-hydrogen) atoms. The van der Waals surface area contributed by atoms with Crippen LogP contribution in [0.4, 0.5) is 0 Å². The minimum absolute atomic E-state index is 0.203. The molecular weight excluding hydrogens is 190 g/mol. The maximum Gasteiger partial charge on any atom is 0.129 e. The normalized spacial score (nSPS) is 38.1. The van der Waals surface area contributed by atoms with Crippen molar-refractivity contribution >= 4 is 6.29 Å². The zero-order valence-electron chi connectivity index (χ0n) is 9.58. The van der Waals surface area contributed by atoms with E-state index in [-0.39, 0.29) is 5.41 Å². The molecule has 0 amide bonds. The van der Waals surface area contributed by atoms with E-state index in [1.165, 1.54) is 19.3 Å². The first-order valence-electron chi connectivity index (χ1n) is 6.04. The molecule has 0 saturated carbocycles. The van der Waals surface area contributed by atoms with Gasteiger partial charge in [0, 0.05) is 19.2 Å². The first-order chi connectivity index (χ1) is 7.26. The Balaban J connectivity index is 1.96. The second kappa shape index (κ2) is 4.62. The van der Waals surface area contributed by atoms with E-state index in [0.29, 0.717) is 12.6 Å². The van der Waals surface area contributed by atoms with Gasteiger partial charge in [-0.1, -0.05) is 6.42 Å². The van der Waals surface area contributed by atoms with Gasteiger partial charge in [0.1, 0.15) is 6.29 Å². The van der Waals surface area contributed by atoms with Crippen molar-refractivity contribution in [1.82, 2.24) is 4.90 Å². The molecule has 0 radical (unpaired) electrons. The van der Waals surface area contributed by atoms with Gasteiger partial charge in [-0.05, 0) is 32.7 Å². The number of nitrogens with zero attached hydrogens (tertiary/aromatic N) is 1. The summed E-state index contributed by atoms with van der Waals surface area (Å²) in [5, 5.41) is 0. The highest BCUT2D eigenvalue weighted by atomic mass is 16.5. The molecule has 86 valence electrons. The summed E-state index contributed by atoms with van der Waals surface area (Å²) in [5.41, 5.74) is -0.203. The number of aldehydes is 1. The Morgan fingerprint density at radius 3 is 3.00 bits per heavy atom. The van der Waals surface area contributed by atoms with Crippen molar-refractivity contribution in [2.75, 3.05) is 26.3 Å². The Hall–Kier alpha value is -0.410. The van der Waals surface area contributed by atoms with Gasteiger partial charge in [0.25, 0.3) is 0 Å². The number of hydrogen-bond donors (Lipinski definition) is 0. The van der Waals surface area contributed by atoms with Crippen LogP contribution in [0.25, 0.3) is 0 Å². The van der Waals surface area contributed by atoms with Gasteiger partial charge in [0.2, 0.25) is 0 Å². The van der Waals surface area contributed by atoms with Crippen LogP contribution < -0.4 is 0 Å². The van der Waals surface area contributed by atoms with E-state index in [9.17, 15) is 4.79 Å². The van der Waals surface area contributed by atoms with Crippen LogP contribution in [0.5, 0.6) is 0 Å². The van der Waals surface area contributed by atoms with Gasteiger partial charge in [0.15, 0.2) is 0 Å². The van der Waals surface area contributed by atoms with Crippen LogP contribution in [0.3, 0.4) is 0 Å². The summed E-state index contributed by atoms with van der Waals surface area (Å²) in [6, 6.07) is 0.635. The fourth-order valence-corrected chi connectivity index (χ4v) is 2.67. The van der Waals surface area contributed by atoms with Crippen LogP contribution >= 0.6 is 0 Å². The largest absolute Gasteiger partial charge is 0.380 e. The molecule has 2 fully saturated rings. The molecule has 0 aromatic rings. The van der Waals surface area contributed by atoms with Crippen LogP contribution in [0.15, 0.2) is 0 Å². The zero-order chi connectivity index (χ0) is 10.7. The Morgan fingerprint density at radius 1 is 1.53 bits per heavy atom. The molecule has 0 bridgehead atoms. The molecule has 2 heterocycles. The third-order valence-corrected chi connectivity index (χ3v) is 3.84. The Morgan fingerprint density at radius 2 is 2.40 bits per heavy atom. The SMILES string of the molecule is CC1CCCCN1CC1(C=O)CCOC1. The van der Waals surface area contributed by atoms with Crippen molar-refractivity contribution in [2.24, 2.45) is 5.41 Å². The summed E-state index contributed by atoms with van der Waals surface area (Å²) in [6.07, 6.45) is 5.92. The quantitative estimate of drug-likeness (QED) is 0.662. The number of rotatable bonds is 3. The monoisotopic (exact) mass is 211 g/mol. The van der Waals surface area contributed by atoms with Gasteiger partial charge in [-0.15, -0.1) is 0 Å². The van der Waals surface area contributed by atoms with E-state index in [2.05, 4.69) is 11.8 Å². The number of likely N-dealkylation sites (tertiary alicyclic amines) is 1. The number of ether oxygens (including phenoxy) is 1. The third-order valence-electron chi connectivity index (χ3n) is 3.84. The molecule has 2 aliphatic rings. The van der Waals surface area contributed by atoms with Gasteiger partial charge in [-0.3, -0.25) is 4.90 Å². The standard InChI is InChI=1S/C12H21NO2/c1-11-4-2-3-6-13(11)8-12(9-14)5-7-15-10-12/h9,11H,2-8,10H2,1H3. The summed E-state index contributed by atoms with van der Waals surface area (Å²) in [5.74, 6) is 0. The number of piperidine rings is 1. The van der Waals surface area contributed by atoms with Gasteiger partial charge < -0.3 is 9.53 Å². The zero-order valence-corrected chi connectivity index (χ0v) is 9.58. The minimum Gasteiger partial charge on any atom is -0.380 e. The molecule has 2 unspecified atom stereocenters. The molecule has 0 N–H and O–H groups in total. The van der Waals surface area contributed by atoms with Crippen LogP contribution in [0.2, 0.25) is 0 Å². The van der Waals surface area contributed by atoms with E-state index >= 15 is 0 Å². The van der Waals surface area contributed by atoms with Crippen molar-refractivity contribution in [2.45, 2.75) is 38.6 Å². The lowest BCUT2D eigenvalue weighted by molar-refractivity contribution is -0.117. The lowest BCUT2D eigenvalue weighted by Gasteiger charge is -2.37. The second-order valence-electron chi connectivity index (χ2n) is 5.10. The van der Waals surface area contributed by atoms with E-state index < -0.39 is 0 Å². The van der Waals surface area contributed by atoms with Crippen LogP contribution in [0.1, 0.15) is 32.6 Å². The molecule has 2 atom stereocenters. The predicted octanol–water partition coefficient (Wildman–Crippen LogP) is 1.47. The van der Waals surface area contributed by atoms with E-state index in [1.54, 1.807) is 0 Å². The van der Waals surface area contributed by atoms with Crippen molar-refractivity contribution < 1.29 is 9.53 Å². The molecule has 3 nitrogen and oxygen atoms in total. The molecule has 3 heteroatoms. The maximum atomic E-state index is 11.2. The number of hydrogen-bond acceptors (Lipinski definition) is 3. The number of carbonyl (C=O) groups is 1. The second-order valence-corrected chi connectivity index (χ2v) is 5.10. The average Bonchev–Trinajstić information content (AvgIpc) is 2.71. The molecule has 0 aromatic heterocycles. The van der Waals surface area contributed by atoms with Crippen molar-refractivity contribution in [3.8, 4) is 0 Å². The lowest BCUT2D eigenvalue weighted by Crippen LogP contribution is -2.46. The third kappa shape index (κ3) is 2.40. The average molecular weight is 211 g/mol. The highest BCUT2D eigenvalue weighted by Gasteiger charge is 2.37. The fraction of sp³-hybridized carbons (Fsp3) is 0.917. The lowest BCUT2D eigenvalue weighted by atomic mass is 9.87. The Kier molecular flexibility index (Phi) is 3.42. The van der Waals surface area contributed by atoms with E-state index in [0.717, 1.165) is 32.4 Å². The summed E-state index contributed by atoms with van der Waals surface area (Å²) < 4.78 is 5.37. The van der Waals surface area contributed by atoms with Crippen molar-refractivity contribution in [3.05, 3.63) is 0 Å². The molecule has 2 aliphatic heterocycles. The first-order valence-corrected chi connectivity index (χ1v) is 6.04. The molecular formula is C12H21NO2. The minimum atomic E-state index is -0.203. The maximum absolute atomic E-state index is 11.2. The first kappa shape index (κ1) is 11.1. The van der Waals surface area contributed by atoms with E-state index in [1.807, 2.05) is 0 Å². The smallest absolute Gasteiger partial charge is 0.129 e. The Bertz CT molecular complexity index is 224. The summed E-state index contributed by atoms with van der Waals surface area (Å²) in [7, 11) is 0. The van der Waals surface area contributed by atoms with Crippen LogP contribution in [-0.4, -0.2) is 43.5 Å². The van der Waals surface area contributed by atoms with Crippen molar-refractivity contribution in [1.29, 1.82) is 0 Å². The number of carbonyl (C=O) groups excluding carboxylic acids is 1. The predicted molar refractivity (Wildman–Crippen MR) is 58.8 cm³/mol. The molecule has 2 rings (SSSR count). The Labute approximate surface area is 91.8 Å². The molecule has 0 aromatic carbocycles. The summed E-state index contributed by atoms with van der Waals surface area (Å²) in [6.45, 7) is 5.70. The summed E-state index contributed by atoms with van der Waals surface area (Å²) in [4.78, 5) is 13.7. The van der Waals surface area contributed by atoms with Gasteiger partial charge in [-0.25, -0.2) is 0 Å². The molecule has 0 aliphatic carbocycles. The van der Waals surface area contributed by atoms with E-state index in [4.69, 9.17) is 4.74 Å².